The molecule has 2 fully saturated rings. The van der Waals surface area contributed by atoms with Crippen LogP contribution in [0.5, 0.6) is 0 Å². The molecule has 1 aromatic carbocycles. The molecule has 29 heavy (non-hydrogen) atoms. The van der Waals surface area contributed by atoms with Crippen molar-refractivity contribution in [1.29, 1.82) is 0 Å². The summed E-state index contributed by atoms with van der Waals surface area (Å²) in [5, 5.41) is 0. The zero-order valence-electron chi connectivity index (χ0n) is 16.7. The van der Waals surface area contributed by atoms with Gasteiger partial charge in [0.25, 0.3) is 5.91 Å². The lowest BCUT2D eigenvalue weighted by Crippen LogP contribution is -2.36. The van der Waals surface area contributed by atoms with Crippen molar-refractivity contribution in [2.45, 2.75) is 26.2 Å². The molecule has 1 amide bonds. The van der Waals surface area contributed by atoms with E-state index in [4.69, 9.17) is 9.15 Å². The van der Waals surface area contributed by atoms with Crippen LogP contribution in [0.15, 0.2) is 45.6 Å². The van der Waals surface area contributed by atoms with E-state index in [1.807, 2.05) is 18.2 Å². The second-order valence-corrected chi connectivity index (χ2v) is 7.98. The van der Waals surface area contributed by atoms with E-state index in [0.29, 0.717) is 30.8 Å². The Kier molecular flexibility index (Phi) is 5.26. The van der Waals surface area contributed by atoms with Crippen LogP contribution in [-0.4, -0.2) is 37.0 Å². The fourth-order valence-corrected chi connectivity index (χ4v) is 4.50. The van der Waals surface area contributed by atoms with Crippen LogP contribution in [0.4, 0.5) is 0 Å². The molecule has 0 radical (unpaired) electrons. The number of aryl methyl sites for hydroxylation is 3. The minimum Gasteiger partial charge on any atom is -0.469 e. The van der Waals surface area contributed by atoms with Crippen molar-refractivity contribution in [3.63, 3.8) is 0 Å². The van der Waals surface area contributed by atoms with Gasteiger partial charge in [-0.3, -0.25) is 9.59 Å². The minimum atomic E-state index is -0.574. The van der Waals surface area contributed by atoms with Gasteiger partial charge < -0.3 is 14.1 Å². The van der Waals surface area contributed by atoms with Gasteiger partial charge in [0.2, 0.25) is 0 Å². The van der Waals surface area contributed by atoms with E-state index in [-0.39, 0.29) is 35.2 Å². The topological polar surface area (TPSA) is 76.8 Å². The summed E-state index contributed by atoms with van der Waals surface area (Å²) in [5.74, 6) is 0.293. The number of carbonyl (C=O) groups excluding carboxylic acids is 2. The summed E-state index contributed by atoms with van der Waals surface area (Å²) in [6, 6.07) is 12.0. The van der Waals surface area contributed by atoms with Crippen molar-refractivity contribution < 1.29 is 18.7 Å². The van der Waals surface area contributed by atoms with Crippen LogP contribution >= 0.6 is 0 Å². The average Bonchev–Trinajstić information content (AvgIpc) is 3.20. The largest absolute Gasteiger partial charge is 0.469 e. The maximum atomic E-state index is 12.9. The number of piperidine rings is 1. The Labute approximate surface area is 169 Å². The molecule has 1 aliphatic carbocycles. The standard InChI is InChI=1S/C23H25NO5/c1-14-11-16(10-6-9-15-7-4-3-5-8-15)29-23(27)19(14)21(25)24-12-17-18(13-24)20(17)22(26)28-2/h3-5,7-8,11,17-18,20H,6,9-10,12-13H2,1-2H3/t17-,18+,20?. The molecule has 1 aromatic heterocycles. The molecular formula is C23H25NO5. The van der Waals surface area contributed by atoms with Crippen molar-refractivity contribution >= 4 is 11.9 Å². The number of methoxy groups -OCH3 is 1. The van der Waals surface area contributed by atoms with Crippen LogP contribution < -0.4 is 5.63 Å². The maximum Gasteiger partial charge on any atom is 0.349 e. The summed E-state index contributed by atoms with van der Waals surface area (Å²) in [4.78, 5) is 38.7. The quantitative estimate of drug-likeness (QED) is 0.703. The number of benzene rings is 1. The highest BCUT2D eigenvalue weighted by molar-refractivity contribution is 5.95. The summed E-state index contributed by atoms with van der Waals surface area (Å²) in [6.07, 6.45) is 2.42. The van der Waals surface area contributed by atoms with E-state index in [0.717, 1.165) is 12.8 Å². The number of rotatable bonds is 6. The number of amides is 1. The van der Waals surface area contributed by atoms with Crippen molar-refractivity contribution in [1.82, 2.24) is 4.90 Å². The third-order valence-electron chi connectivity index (χ3n) is 6.10. The Hall–Kier alpha value is -2.89. The second-order valence-electron chi connectivity index (χ2n) is 7.98. The molecule has 2 aromatic rings. The summed E-state index contributed by atoms with van der Waals surface area (Å²) in [6.45, 7) is 2.75. The van der Waals surface area contributed by atoms with Crippen LogP contribution in [0.3, 0.4) is 0 Å². The zero-order valence-corrected chi connectivity index (χ0v) is 16.7. The first-order chi connectivity index (χ1) is 14.0. The third kappa shape index (κ3) is 3.84. The molecule has 1 aliphatic heterocycles. The summed E-state index contributed by atoms with van der Waals surface area (Å²) in [7, 11) is 1.38. The van der Waals surface area contributed by atoms with E-state index >= 15 is 0 Å². The number of fused-ring (bicyclic) bond motifs is 1. The summed E-state index contributed by atoms with van der Waals surface area (Å²) in [5.41, 5.74) is 1.42. The highest BCUT2D eigenvalue weighted by Gasteiger charge is 2.61. The number of hydrogen-bond acceptors (Lipinski definition) is 5. The first kappa shape index (κ1) is 19.4. The lowest BCUT2D eigenvalue weighted by molar-refractivity contribution is -0.143. The Morgan fingerprint density at radius 3 is 2.45 bits per heavy atom. The van der Waals surface area contributed by atoms with E-state index in [1.165, 1.54) is 12.7 Å². The van der Waals surface area contributed by atoms with Gasteiger partial charge in [0.05, 0.1) is 13.0 Å². The normalized spacial score (nSPS) is 22.3. The van der Waals surface area contributed by atoms with E-state index < -0.39 is 5.63 Å². The van der Waals surface area contributed by atoms with Crippen molar-refractivity contribution in [2.24, 2.45) is 17.8 Å². The van der Waals surface area contributed by atoms with E-state index in [1.54, 1.807) is 17.9 Å². The fourth-order valence-electron chi connectivity index (χ4n) is 4.50. The molecule has 4 rings (SSSR count). The summed E-state index contributed by atoms with van der Waals surface area (Å²) < 4.78 is 10.2. The molecule has 152 valence electrons. The molecule has 6 nitrogen and oxygen atoms in total. The highest BCUT2D eigenvalue weighted by atomic mass is 16.5. The first-order valence-electron chi connectivity index (χ1n) is 10.0. The lowest BCUT2D eigenvalue weighted by atomic mass is 10.1. The number of carbonyl (C=O) groups is 2. The van der Waals surface area contributed by atoms with Gasteiger partial charge in [-0.2, -0.15) is 0 Å². The lowest BCUT2D eigenvalue weighted by Gasteiger charge is -2.20. The van der Waals surface area contributed by atoms with Gasteiger partial charge in [0.15, 0.2) is 0 Å². The SMILES string of the molecule is COC(=O)C1[C@H]2CN(C(=O)c3c(C)cc(CCCc4ccccc4)oc3=O)C[C@@H]12. The molecule has 0 N–H and O–H groups in total. The van der Waals surface area contributed by atoms with Gasteiger partial charge in [-0.15, -0.1) is 0 Å². The molecular weight excluding hydrogens is 370 g/mol. The number of esters is 1. The van der Waals surface area contributed by atoms with Crippen LogP contribution in [-0.2, 0) is 22.4 Å². The van der Waals surface area contributed by atoms with Gasteiger partial charge in [-0.05, 0) is 48.8 Å². The third-order valence-corrected chi connectivity index (χ3v) is 6.10. The van der Waals surface area contributed by atoms with Crippen LogP contribution in [0.1, 0.15) is 33.7 Å². The molecule has 0 spiro atoms. The van der Waals surface area contributed by atoms with Gasteiger partial charge in [0.1, 0.15) is 11.3 Å². The van der Waals surface area contributed by atoms with E-state index in [9.17, 15) is 14.4 Å². The molecule has 3 atom stereocenters. The summed E-state index contributed by atoms with van der Waals surface area (Å²) >= 11 is 0. The average molecular weight is 395 g/mol. The molecule has 0 bridgehead atoms. The van der Waals surface area contributed by atoms with Crippen LogP contribution in [0.25, 0.3) is 0 Å². The maximum absolute atomic E-state index is 12.9. The first-order valence-corrected chi connectivity index (χ1v) is 10.0. The van der Waals surface area contributed by atoms with Gasteiger partial charge in [-0.25, -0.2) is 4.79 Å². The molecule has 6 heteroatoms. The molecule has 1 saturated carbocycles. The molecule has 2 heterocycles. The van der Waals surface area contributed by atoms with Crippen molar-refractivity contribution in [3.8, 4) is 0 Å². The van der Waals surface area contributed by atoms with Crippen LogP contribution in [0.2, 0.25) is 0 Å². The fraction of sp³-hybridized carbons (Fsp3) is 0.435. The molecule has 1 unspecified atom stereocenters. The number of hydrogen-bond donors (Lipinski definition) is 0. The highest BCUT2D eigenvalue weighted by Crippen LogP contribution is 2.52. The Bertz CT molecular complexity index is 969. The predicted octanol–water partition coefficient (Wildman–Crippen LogP) is 2.61. The number of nitrogens with zero attached hydrogens (tertiary/aromatic N) is 1. The van der Waals surface area contributed by atoms with Crippen LogP contribution in [0, 0.1) is 24.7 Å². The molecule has 2 aliphatic rings. The van der Waals surface area contributed by atoms with E-state index in [2.05, 4.69) is 12.1 Å². The minimum absolute atomic E-state index is 0.103. The second kappa shape index (κ2) is 7.85. The predicted molar refractivity (Wildman–Crippen MR) is 107 cm³/mol. The smallest absolute Gasteiger partial charge is 0.349 e. The Morgan fingerprint density at radius 1 is 1.14 bits per heavy atom. The Morgan fingerprint density at radius 2 is 1.83 bits per heavy atom. The molecule has 1 saturated heterocycles. The van der Waals surface area contributed by atoms with Crippen molar-refractivity contribution in [2.75, 3.05) is 20.2 Å². The van der Waals surface area contributed by atoms with Gasteiger partial charge in [0, 0.05) is 19.5 Å². The van der Waals surface area contributed by atoms with Gasteiger partial charge in [-0.1, -0.05) is 30.3 Å². The zero-order chi connectivity index (χ0) is 20.5. The van der Waals surface area contributed by atoms with Crippen molar-refractivity contribution in [3.05, 3.63) is 69.3 Å². The number of likely N-dealkylation sites (tertiary alicyclic amines) is 1. The monoisotopic (exact) mass is 395 g/mol. The Balaban J connectivity index is 1.38. The number of ether oxygens (including phenoxy) is 1. The van der Waals surface area contributed by atoms with Gasteiger partial charge >= 0.3 is 11.6 Å².